The molecule has 0 radical (unpaired) electrons. The molecule has 1 amide bonds. The molecule has 5 rings (SSSR count). The lowest BCUT2D eigenvalue weighted by Gasteiger charge is -2.51. The summed E-state index contributed by atoms with van der Waals surface area (Å²) in [6.07, 6.45) is 5.09. The fraction of sp³-hybridized carbons (Fsp3) is 0.400. The number of nitrogens with zero attached hydrogens (tertiary/aromatic N) is 4. The number of nitrogens with one attached hydrogen (secondary N) is 1. The number of pyridine rings is 1. The second-order valence-corrected chi connectivity index (χ2v) is 9.15. The first-order chi connectivity index (χ1) is 15.4. The molecule has 7 heteroatoms. The molecule has 4 heterocycles. The zero-order chi connectivity index (χ0) is 22.5. The molecule has 166 valence electrons. The number of amides is 1. The van der Waals surface area contributed by atoms with Crippen LogP contribution in [0.4, 0.5) is 5.82 Å². The number of aromatic nitrogens is 3. The van der Waals surface area contributed by atoms with E-state index in [-0.39, 0.29) is 5.91 Å². The molecule has 0 saturated carbocycles. The van der Waals surface area contributed by atoms with Crippen molar-refractivity contribution in [3.63, 3.8) is 0 Å². The molecule has 2 fully saturated rings. The summed E-state index contributed by atoms with van der Waals surface area (Å²) < 4.78 is 7.60. The number of carbonyl (C=O) groups is 1. The Balaban J connectivity index is 1.35. The summed E-state index contributed by atoms with van der Waals surface area (Å²) in [6, 6.07) is 8.17. The van der Waals surface area contributed by atoms with Gasteiger partial charge in [0.1, 0.15) is 11.6 Å². The normalized spacial score (nSPS) is 19.9. The van der Waals surface area contributed by atoms with Crippen molar-refractivity contribution in [2.75, 3.05) is 31.6 Å². The molecule has 0 aliphatic carbocycles. The number of hydrogen-bond donors (Lipinski definition) is 1. The van der Waals surface area contributed by atoms with Crippen LogP contribution >= 0.6 is 0 Å². The van der Waals surface area contributed by atoms with Gasteiger partial charge in [-0.05, 0) is 37.8 Å². The van der Waals surface area contributed by atoms with E-state index in [4.69, 9.17) is 4.74 Å². The lowest BCUT2D eigenvalue weighted by Crippen LogP contribution is -2.64. The number of benzene rings is 1. The van der Waals surface area contributed by atoms with E-state index in [9.17, 15) is 4.79 Å². The molecule has 1 aromatic carbocycles. The van der Waals surface area contributed by atoms with E-state index in [2.05, 4.69) is 43.5 Å². The molecule has 1 N–H and O–H groups in total. The van der Waals surface area contributed by atoms with Crippen LogP contribution in [-0.2, 0) is 16.6 Å². The van der Waals surface area contributed by atoms with Crippen molar-refractivity contribution in [1.29, 1.82) is 0 Å². The Morgan fingerprint density at radius 2 is 2.03 bits per heavy atom. The van der Waals surface area contributed by atoms with Crippen molar-refractivity contribution in [1.82, 2.24) is 19.4 Å². The Labute approximate surface area is 188 Å². The topological polar surface area (TPSA) is 72.3 Å². The lowest BCUT2D eigenvalue weighted by atomic mass is 9.73. The Morgan fingerprint density at radius 1 is 1.25 bits per heavy atom. The van der Waals surface area contributed by atoms with Gasteiger partial charge in [0, 0.05) is 50.4 Å². The Morgan fingerprint density at radius 3 is 2.66 bits per heavy atom. The smallest absolute Gasteiger partial charge is 0.238 e. The molecule has 1 atom stereocenters. The number of aryl methyl sites for hydroxylation is 1. The second kappa shape index (κ2) is 7.83. The Kier molecular flexibility index (Phi) is 5.10. The molecular formula is C25H29N5O2. The lowest BCUT2D eigenvalue weighted by molar-refractivity contribution is -0.137. The minimum Gasteiger partial charge on any atom is -0.377 e. The fourth-order valence-corrected chi connectivity index (χ4v) is 4.54. The molecule has 2 saturated heterocycles. The maximum absolute atomic E-state index is 13.3. The predicted molar refractivity (Wildman–Crippen MR) is 125 cm³/mol. The summed E-state index contributed by atoms with van der Waals surface area (Å²) in [6.45, 7) is 11.1. The van der Waals surface area contributed by atoms with E-state index in [0.29, 0.717) is 25.0 Å². The number of hydrogen-bond acceptors (Lipinski definition) is 5. The highest BCUT2D eigenvalue weighted by atomic mass is 16.5. The van der Waals surface area contributed by atoms with E-state index >= 15 is 0 Å². The van der Waals surface area contributed by atoms with Crippen LogP contribution in [-0.4, -0.2) is 57.7 Å². The third kappa shape index (κ3) is 3.51. The van der Waals surface area contributed by atoms with E-state index < -0.39 is 5.41 Å². The van der Waals surface area contributed by atoms with Gasteiger partial charge in [0.25, 0.3) is 0 Å². The molecule has 0 spiro atoms. The first kappa shape index (κ1) is 20.8. The van der Waals surface area contributed by atoms with Crippen molar-refractivity contribution in [3.8, 4) is 11.3 Å². The van der Waals surface area contributed by atoms with Gasteiger partial charge in [0.05, 0.1) is 23.4 Å². The SMILES string of the molecule is C=C(C)C1(C(=O)Nc2cc3cc(-c4cnc(C)n4C)ccc3cn2)CN(CC2CCO2)C1. The highest BCUT2D eigenvalue weighted by molar-refractivity contribution is 5.99. The third-order valence-electron chi connectivity index (χ3n) is 6.97. The molecule has 3 aromatic rings. The number of rotatable bonds is 6. The van der Waals surface area contributed by atoms with Gasteiger partial charge in [-0.25, -0.2) is 9.97 Å². The van der Waals surface area contributed by atoms with Gasteiger partial charge in [-0.1, -0.05) is 24.3 Å². The fourth-order valence-electron chi connectivity index (χ4n) is 4.54. The maximum Gasteiger partial charge on any atom is 0.238 e. The van der Waals surface area contributed by atoms with Gasteiger partial charge in [-0.2, -0.15) is 0 Å². The number of carbonyl (C=O) groups excluding carboxylic acids is 1. The Bertz CT molecular complexity index is 1200. The number of fused-ring (bicyclic) bond motifs is 1. The number of imidazole rings is 1. The maximum atomic E-state index is 13.3. The van der Waals surface area contributed by atoms with Gasteiger partial charge in [0.15, 0.2) is 0 Å². The molecule has 2 aromatic heterocycles. The van der Waals surface area contributed by atoms with E-state index in [1.807, 2.05) is 39.2 Å². The van der Waals surface area contributed by atoms with E-state index in [1.165, 1.54) is 0 Å². The minimum atomic E-state index is -0.575. The van der Waals surface area contributed by atoms with Gasteiger partial charge < -0.3 is 14.6 Å². The van der Waals surface area contributed by atoms with Gasteiger partial charge in [-0.3, -0.25) is 9.69 Å². The quantitative estimate of drug-likeness (QED) is 0.605. The summed E-state index contributed by atoms with van der Waals surface area (Å²) in [7, 11) is 2.01. The average Bonchev–Trinajstić information content (AvgIpc) is 3.03. The highest BCUT2D eigenvalue weighted by Gasteiger charge is 2.50. The van der Waals surface area contributed by atoms with Crippen molar-refractivity contribution in [2.24, 2.45) is 12.5 Å². The summed E-state index contributed by atoms with van der Waals surface area (Å²) >= 11 is 0. The van der Waals surface area contributed by atoms with Crippen molar-refractivity contribution >= 4 is 22.5 Å². The van der Waals surface area contributed by atoms with Crippen LogP contribution in [0.1, 0.15) is 19.2 Å². The average molecular weight is 432 g/mol. The molecular weight excluding hydrogens is 402 g/mol. The summed E-state index contributed by atoms with van der Waals surface area (Å²) in [5.74, 6) is 1.48. The summed E-state index contributed by atoms with van der Waals surface area (Å²) in [5, 5.41) is 5.09. The van der Waals surface area contributed by atoms with Crippen LogP contribution in [0.2, 0.25) is 0 Å². The van der Waals surface area contributed by atoms with Crippen LogP contribution in [0.15, 0.2) is 48.8 Å². The molecule has 2 aliphatic rings. The molecule has 1 unspecified atom stereocenters. The predicted octanol–water partition coefficient (Wildman–Crippen LogP) is 3.55. The zero-order valence-electron chi connectivity index (χ0n) is 18.9. The van der Waals surface area contributed by atoms with Crippen molar-refractivity contribution in [3.05, 3.63) is 54.6 Å². The Hall–Kier alpha value is -3.03. The van der Waals surface area contributed by atoms with E-state index in [1.54, 1.807) is 6.20 Å². The van der Waals surface area contributed by atoms with Gasteiger partial charge in [-0.15, -0.1) is 0 Å². The largest absolute Gasteiger partial charge is 0.377 e. The molecule has 0 bridgehead atoms. The number of ether oxygens (including phenoxy) is 1. The van der Waals surface area contributed by atoms with Crippen LogP contribution in [0.3, 0.4) is 0 Å². The van der Waals surface area contributed by atoms with Gasteiger partial charge >= 0.3 is 0 Å². The summed E-state index contributed by atoms with van der Waals surface area (Å²) in [4.78, 5) is 24.4. The highest BCUT2D eigenvalue weighted by Crippen LogP contribution is 2.39. The van der Waals surface area contributed by atoms with Crippen molar-refractivity contribution < 1.29 is 9.53 Å². The van der Waals surface area contributed by atoms with E-state index in [0.717, 1.165) is 53.0 Å². The second-order valence-electron chi connectivity index (χ2n) is 9.15. The standard InChI is InChI=1S/C25H29N5O2/c1-16(2)25(14-30(15-25)13-21-7-8-32-21)24(31)28-23-10-20-9-18(5-6-19(20)11-27-23)22-12-26-17(3)29(22)4/h5-6,9-12,21H,1,7-8,13-15H2,2-4H3,(H,27,28,31). The van der Waals surface area contributed by atoms with Crippen LogP contribution < -0.4 is 5.32 Å². The molecule has 7 nitrogen and oxygen atoms in total. The van der Waals surface area contributed by atoms with Crippen LogP contribution in [0.5, 0.6) is 0 Å². The van der Waals surface area contributed by atoms with Gasteiger partial charge in [0.2, 0.25) is 5.91 Å². The summed E-state index contributed by atoms with van der Waals surface area (Å²) in [5.41, 5.74) is 2.44. The third-order valence-corrected chi connectivity index (χ3v) is 6.97. The number of likely N-dealkylation sites (tertiary alicyclic amines) is 1. The first-order valence-corrected chi connectivity index (χ1v) is 11.1. The van der Waals surface area contributed by atoms with Crippen LogP contribution in [0, 0.1) is 12.3 Å². The van der Waals surface area contributed by atoms with Crippen LogP contribution in [0.25, 0.3) is 22.0 Å². The zero-order valence-corrected chi connectivity index (χ0v) is 18.9. The van der Waals surface area contributed by atoms with Crippen molar-refractivity contribution in [2.45, 2.75) is 26.4 Å². The number of anilines is 1. The molecule has 32 heavy (non-hydrogen) atoms. The molecule has 2 aliphatic heterocycles. The monoisotopic (exact) mass is 431 g/mol. The minimum absolute atomic E-state index is 0.0407. The first-order valence-electron chi connectivity index (χ1n) is 11.1.